The topological polar surface area (TPSA) is 104 Å². The highest BCUT2D eigenvalue weighted by atomic mass is 32.2. The van der Waals surface area contributed by atoms with E-state index >= 15 is 0 Å². The van der Waals surface area contributed by atoms with Gasteiger partial charge in [-0.25, -0.2) is 9.10 Å². The molecule has 0 aliphatic carbocycles. The van der Waals surface area contributed by atoms with E-state index in [2.05, 4.69) is 0 Å². The van der Waals surface area contributed by atoms with Crippen LogP contribution in [0, 0.1) is 0 Å². The number of likely N-dealkylation sites (tertiary alicyclic amines) is 1. The zero-order valence-electron chi connectivity index (χ0n) is 11.5. The molecule has 118 valence electrons. The third kappa shape index (κ3) is 2.42. The highest BCUT2D eigenvalue weighted by Crippen LogP contribution is 2.35. The molecule has 1 aromatic carbocycles. The van der Waals surface area contributed by atoms with Crippen molar-refractivity contribution in [1.29, 1.82) is 0 Å². The van der Waals surface area contributed by atoms with Gasteiger partial charge in [-0.1, -0.05) is 30.3 Å². The average Bonchev–Trinajstić information content (AvgIpc) is 2.83. The Labute approximate surface area is 127 Å². The lowest BCUT2D eigenvalue weighted by molar-refractivity contribution is -0.144. The van der Waals surface area contributed by atoms with Crippen LogP contribution in [0.15, 0.2) is 30.3 Å². The summed E-state index contributed by atoms with van der Waals surface area (Å²) in [5, 5.41) is 0. The van der Waals surface area contributed by atoms with Crippen LogP contribution in [0.4, 0.5) is 4.79 Å². The minimum Gasteiger partial charge on any atom is -0.445 e. The molecule has 2 saturated heterocycles. The summed E-state index contributed by atoms with van der Waals surface area (Å²) in [5.74, 6) is -0.804. The van der Waals surface area contributed by atoms with Gasteiger partial charge in [-0.3, -0.25) is 14.2 Å². The second kappa shape index (κ2) is 5.25. The summed E-state index contributed by atoms with van der Waals surface area (Å²) in [4.78, 5) is 25.1. The predicted molar refractivity (Wildman–Crippen MR) is 73.9 cm³/mol. The van der Waals surface area contributed by atoms with Gasteiger partial charge in [0, 0.05) is 6.54 Å². The normalized spacial score (nSPS) is 24.0. The third-order valence-electron chi connectivity index (χ3n) is 3.83. The van der Waals surface area contributed by atoms with E-state index < -0.39 is 34.4 Å². The van der Waals surface area contributed by atoms with Gasteiger partial charge in [0.1, 0.15) is 12.6 Å². The molecule has 2 aliphatic heterocycles. The summed E-state index contributed by atoms with van der Waals surface area (Å²) < 4.78 is 36.7. The summed E-state index contributed by atoms with van der Waals surface area (Å²) in [6, 6.07) is 7.50. The van der Waals surface area contributed by atoms with E-state index in [-0.39, 0.29) is 19.6 Å². The Morgan fingerprint density at radius 1 is 1.32 bits per heavy atom. The first-order valence-corrected chi connectivity index (χ1v) is 8.07. The van der Waals surface area contributed by atoms with Crippen LogP contribution >= 0.6 is 0 Å². The highest BCUT2D eigenvalue weighted by molar-refractivity contribution is 7.84. The number of hydrogen-bond acceptors (Lipinski definition) is 5. The maximum atomic E-state index is 12.0. The van der Waals surface area contributed by atoms with Crippen molar-refractivity contribution in [3.8, 4) is 0 Å². The number of β-lactam (4-membered cyclic amide) rings is 1. The number of ether oxygens (including phenoxy) is 1. The summed E-state index contributed by atoms with van der Waals surface area (Å²) >= 11 is 0. The first kappa shape index (κ1) is 14.8. The fraction of sp³-hybridized carbons (Fsp3) is 0.385. The number of amides is 2. The lowest BCUT2D eigenvalue weighted by Crippen LogP contribution is -2.68. The molecule has 0 aromatic heterocycles. The summed E-state index contributed by atoms with van der Waals surface area (Å²) in [7, 11) is -4.57. The Bertz CT molecular complexity index is 705. The fourth-order valence-corrected chi connectivity index (χ4v) is 3.72. The average molecular weight is 326 g/mol. The molecule has 22 heavy (non-hydrogen) atoms. The zero-order valence-corrected chi connectivity index (χ0v) is 12.3. The molecule has 2 heterocycles. The van der Waals surface area contributed by atoms with E-state index in [1.165, 1.54) is 4.90 Å². The molecule has 2 fully saturated rings. The van der Waals surface area contributed by atoms with Gasteiger partial charge < -0.3 is 4.74 Å². The van der Waals surface area contributed by atoms with Gasteiger partial charge in [0.05, 0.1) is 6.04 Å². The van der Waals surface area contributed by atoms with Gasteiger partial charge in [0.25, 0.3) is 5.91 Å². The van der Waals surface area contributed by atoms with Crippen LogP contribution in [-0.4, -0.2) is 52.8 Å². The SMILES string of the molecule is O=C(OCc1ccccc1)N1CC[C@@H]2[C@H]1C(=O)N2S(=O)(=O)O. The van der Waals surface area contributed by atoms with Gasteiger partial charge in [0.15, 0.2) is 0 Å². The molecule has 3 rings (SSSR count). The Morgan fingerprint density at radius 3 is 2.64 bits per heavy atom. The van der Waals surface area contributed by atoms with Gasteiger partial charge in [-0.05, 0) is 12.0 Å². The second-order valence-corrected chi connectivity index (χ2v) is 6.44. The molecular formula is C13H14N2O6S. The fourth-order valence-electron chi connectivity index (χ4n) is 2.82. The molecule has 0 saturated carbocycles. The number of carbonyl (C=O) groups excluding carboxylic acids is 2. The number of nitrogens with zero attached hydrogens (tertiary/aromatic N) is 2. The number of benzene rings is 1. The highest BCUT2D eigenvalue weighted by Gasteiger charge is 2.60. The molecule has 9 heteroatoms. The molecule has 0 spiro atoms. The molecule has 1 aromatic rings. The summed E-state index contributed by atoms with van der Waals surface area (Å²) in [5.41, 5.74) is 0.811. The van der Waals surface area contributed by atoms with Crippen molar-refractivity contribution in [2.24, 2.45) is 0 Å². The number of carbonyl (C=O) groups is 2. The quantitative estimate of drug-likeness (QED) is 0.637. The smallest absolute Gasteiger partial charge is 0.410 e. The maximum absolute atomic E-state index is 12.0. The van der Waals surface area contributed by atoms with Crippen molar-refractivity contribution in [3.05, 3.63) is 35.9 Å². The van der Waals surface area contributed by atoms with E-state index in [0.717, 1.165) is 5.56 Å². The Kier molecular flexibility index (Phi) is 3.53. The van der Waals surface area contributed by atoms with Crippen LogP contribution in [0.1, 0.15) is 12.0 Å². The van der Waals surface area contributed by atoms with Crippen LogP contribution in [0.25, 0.3) is 0 Å². The van der Waals surface area contributed by atoms with Crippen molar-refractivity contribution in [3.63, 3.8) is 0 Å². The Hall–Kier alpha value is -2.13. The molecule has 1 N–H and O–H groups in total. The first-order chi connectivity index (χ1) is 10.4. The largest absolute Gasteiger partial charge is 0.445 e. The van der Waals surface area contributed by atoms with Gasteiger partial charge >= 0.3 is 16.4 Å². The van der Waals surface area contributed by atoms with Crippen LogP contribution in [0.3, 0.4) is 0 Å². The van der Waals surface area contributed by atoms with Crippen LogP contribution in [0.5, 0.6) is 0 Å². The minimum atomic E-state index is -4.57. The van der Waals surface area contributed by atoms with Gasteiger partial charge in [-0.15, -0.1) is 0 Å². The van der Waals surface area contributed by atoms with Crippen molar-refractivity contribution in [2.45, 2.75) is 25.1 Å². The lowest BCUT2D eigenvalue weighted by atomic mass is 10.0. The summed E-state index contributed by atoms with van der Waals surface area (Å²) in [6.07, 6.45) is -0.379. The number of hydrogen-bond donors (Lipinski definition) is 1. The number of fused-ring (bicyclic) bond motifs is 1. The van der Waals surface area contributed by atoms with E-state index in [0.29, 0.717) is 4.31 Å². The standard InChI is InChI=1S/C13H14N2O6S/c16-12-11-10(15(12)22(18,19)20)6-7-14(11)13(17)21-8-9-4-2-1-3-5-9/h1-5,10-11H,6-8H2,(H,18,19,20)/t10-,11+/m1/s1. The van der Waals surface area contributed by atoms with Gasteiger partial charge in [-0.2, -0.15) is 8.42 Å². The van der Waals surface area contributed by atoms with Crippen LogP contribution in [0.2, 0.25) is 0 Å². The molecule has 0 radical (unpaired) electrons. The molecule has 8 nitrogen and oxygen atoms in total. The Balaban J connectivity index is 1.63. The van der Waals surface area contributed by atoms with E-state index in [9.17, 15) is 18.0 Å². The predicted octanol–water partition coefficient (Wildman–Crippen LogP) is 0.411. The second-order valence-electron chi connectivity index (χ2n) is 5.15. The van der Waals surface area contributed by atoms with Crippen molar-refractivity contribution < 1.29 is 27.3 Å². The molecule has 0 unspecified atom stereocenters. The number of rotatable bonds is 3. The summed E-state index contributed by atoms with van der Waals surface area (Å²) in [6.45, 7) is 0.282. The first-order valence-electron chi connectivity index (χ1n) is 6.67. The van der Waals surface area contributed by atoms with Crippen LogP contribution < -0.4 is 0 Å². The van der Waals surface area contributed by atoms with Crippen molar-refractivity contribution >= 4 is 22.3 Å². The molecule has 2 atom stereocenters. The molecule has 0 bridgehead atoms. The molecule has 2 aliphatic rings. The van der Waals surface area contributed by atoms with Crippen molar-refractivity contribution in [2.75, 3.05) is 6.54 Å². The monoisotopic (exact) mass is 326 g/mol. The Morgan fingerprint density at radius 2 is 2.00 bits per heavy atom. The van der Waals surface area contributed by atoms with Gasteiger partial charge in [0.2, 0.25) is 0 Å². The zero-order chi connectivity index (χ0) is 15.9. The lowest BCUT2D eigenvalue weighted by Gasteiger charge is -2.42. The minimum absolute atomic E-state index is 0.0732. The molecule has 2 amide bonds. The maximum Gasteiger partial charge on any atom is 0.410 e. The van der Waals surface area contributed by atoms with E-state index in [1.807, 2.05) is 18.2 Å². The third-order valence-corrected chi connectivity index (χ3v) is 4.77. The molecular weight excluding hydrogens is 312 g/mol. The van der Waals surface area contributed by atoms with E-state index in [1.54, 1.807) is 12.1 Å². The van der Waals surface area contributed by atoms with Crippen LogP contribution in [-0.2, 0) is 26.4 Å². The van der Waals surface area contributed by atoms with E-state index in [4.69, 9.17) is 9.29 Å². The van der Waals surface area contributed by atoms with Crippen molar-refractivity contribution in [1.82, 2.24) is 9.21 Å².